The lowest BCUT2D eigenvalue weighted by atomic mass is 10.3. The Hall–Kier alpha value is -0.620. The Morgan fingerprint density at radius 1 is 1.39 bits per heavy atom. The lowest BCUT2D eigenvalue weighted by Crippen LogP contribution is -2.45. The molecule has 1 aromatic carbocycles. The predicted molar refractivity (Wildman–Crippen MR) is 72.9 cm³/mol. The molecular formula is C13H18BrNO3. The first-order valence-electron chi connectivity index (χ1n) is 6.11. The molecule has 0 bridgehead atoms. The van der Waals surface area contributed by atoms with E-state index in [-0.39, 0.29) is 12.7 Å². The molecule has 1 N–H and O–H groups in total. The van der Waals surface area contributed by atoms with E-state index in [2.05, 4.69) is 20.8 Å². The molecule has 5 heteroatoms. The number of hydrogen-bond acceptors (Lipinski definition) is 4. The van der Waals surface area contributed by atoms with E-state index in [1.165, 1.54) is 0 Å². The number of morpholine rings is 1. The highest BCUT2D eigenvalue weighted by Crippen LogP contribution is 2.17. The Morgan fingerprint density at radius 2 is 2.17 bits per heavy atom. The van der Waals surface area contributed by atoms with Crippen LogP contribution in [0.5, 0.6) is 5.75 Å². The number of halogens is 1. The van der Waals surface area contributed by atoms with Crippen LogP contribution in [0.3, 0.4) is 0 Å². The topological polar surface area (TPSA) is 41.9 Å². The first kappa shape index (κ1) is 13.8. The maximum Gasteiger partial charge on any atom is 0.119 e. The van der Waals surface area contributed by atoms with Gasteiger partial charge in [-0.3, -0.25) is 4.90 Å². The Bertz CT molecular complexity index is 356. The normalized spacial score (nSPS) is 20.9. The number of aliphatic hydroxyl groups is 1. The summed E-state index contributed by atoms with van der Waals surface area (Å²) in [4.78, 5) is 2.19. The number of ether oxygens (including phenoxy) is 2. The van der Waals surface area contributed by atoms with E-state index in [0.717, 1.165) is 23.3 Å². The van der Waals surface area contributed by atoms with Crippen molar-refractivity contribution in [1.29, 1.82) is 0 Å². The van der Waals surface area contributed by atoms with Gasteiger partial charge in [0.2, 0.25) is 0 Å². The van der Waals surface area contributed by atoms with Gasteiger partial charge in [0.05, 0.1) is 13.2 Å². The van der Waals surface area contributed by atoms with Crippen LogP contribution in [0.25, 0.3) is 0 Å². The van der Waals surface area contributed by atoms with Crippen LogP contribution in [0, 0.1) is 0 Å². The van der Waals surface area contributed by atoms with Crippen LogP contribution >= 0.6 is 15.9 Å². The minimum atomic E-state index is 0.0777. The molecule has 100 valence electrons. The summed E-state index contributed by atoms with van der Waals surface area (Å²) in [7, 11) is 0. The minimum Gasteiger partial charge on any atom is -0.491 e. The van der Waals surface area contributed by atoms with Crippen molar-refractivity contribution in [2.75, 3.05) is 39.5 Å². The molecule has 1 aliphatic rings. The number of β-amino-alcohol motifs (C(OH)–C–C–N with tert-alkyl or cyclic N) is 1. The first-order valence-corrected chi connectivity index (χ1v) is 6.90. The van der Waals surface area contributed by atoms with Crippen molar-refractivity contribution in [2.45, 2.75) is 6.10 Å². The molecule has 2 rings (SSSR count). The van der Waals surface area contributed by atoms with E-state index in [1.807, 2.05) is 24.3 Å². The van der Waals surface area contributed by atoms with Gasteiger partial charge < -0.3 is 14.6 Å². The lowest BCUT2D eigenvalue weighted by molar-refractivity contribution is -0.0508. The molecule has 1 aromatic rings. The van der Waals surface area contributed by atoms with Gasteiger partial charge in [0.15, 0.2) is 0 Å². The standard InChI is InChI=1S/C13H18BrNO3/c14-11-1-3-12(4-2-11)18-10-13-9-15(5-7-16)6-8-17-13/h1-4,13,16H,5-10H2. The molecule has 0 saturated carbocycles. The van der Waals surface area contributed by atoms with E-state index in [1.54, 1.807) is 0 Å². The number of hydrogen-bond donors (Lipinski definition) is 1. The second-order valence-corrected chi connectivity index (χ2v) is 5.20. The van der Waals surface area contributed by atoms with Crippen molar-refractivity contribution in [3.8, 4) is 5.75 Å². The highest BCUT2D eigenvalue weighted by atomic mass is 79.9. The van der Waals surface area contributed by atoms with Crippen molar-refractivity contribution >= 4 is 15.9 Å². The third-order valence-electron chi connectivity index (χ3n) is 2.89. The summed E-state index contributed by atoms with van der Waals surface area (Å²) >= 11 is 3.39. The largest absolute Gasteiger partial charge is 0.491 e. The van der Waals surface area contributed by atoms with Gasteiger partial charge in [0, 0.05) is 24.1 Å². The second kappa shape index (κ2) is 7.09. The minimum absolute atomic E-state index is 0.0777. The number of rotatable bonds is 5. The van der Waals surface area contributed by atoms with Crippen LogP contribution in [0.1, 0.15) is 0 Å². The number of aliphatic hydroxyl groups excluding tert-OH is 1. The predicted octanol–water partition coefficient (Wildman–Crippen LogP) is 1.52. The van der Waals surface area contributed by atoms with Gasteiger partial charge in [-0.25, -0.2) is 0 Å². The molecule has 0 radical (unpaired) electrons. The SMILES string of the molecule is OCCN1CCOC(COc2ccc(Br)cc2)C1. The van der Waals surface area contributed by atoms with Crippen LogP contribution in [-0.2, 0) is 4.74 Å². The van der Waals surface area contributed by atoms with Crippen molar-refractivity contribution < 1.29 is 14.6 Å². The van der Waals surface area contributed by atoms with E-state index in [0.29, 0.717) is 19.8 Å². The molecule has 1 unspecified atom stereocenters. The van der Waals surface area contributed by atoms with Crippen molar-refractivity contribution in [3.05, 3.63) is 28.7 Å². The Morgan fingerprint density at radius 3 is 2.89 bits per heavy atom. The van der Waals surface area contributed by atoms with Crippen molar-refractivity contribution in [3.63, 3.8) is 0 Å². The molecule has 4 nitrogen and oxygen atoms in total. The maximum absolute atomic E-state index is 8.92. The van der Waals surface area contributed by atoms with Gasteiger partial charge in [0.25, 0.3) is 0 Å². The Kier molecular flexibility index (Phi) is 5.44. The summed E-state index contributed by atoms with van der Waals surface area (Å²) in [5.41, 5.74) is 0. The van der Waals surface area contributed by atoms with Gasteiger partial charge >= 0.3 is 0 Å². The zero-order valence-corrected chi connectivity index (χ0v) is 11.8. The lowest BCUT2D eigenvalue weighted by Gasteiger charge is -2.32. The van der Waals surface area contributed by atoms with E-state index in [9.17, 15) is 0 Å². The molecule has 0 aromatic heterocycles. The van der Waals surface area contributed by atoms with Crippen molar-refractivity contribution in [1.82, 2.24) is 4.90 Å². The highest BCUT2D eigenvalue weighted by Gasteiger charge is 2.20. The fourth-order valence-electron chi connectivity index (χ4n) is 1.95. The second-order valence-electron chi connectivity index (χ2n) is 4.28. The number of benzene rings is 1. The average Bonchev–Trinajstić information content (AvgIpc) is 2.39. The Balaban J connectivity index is 1.77. The molecule has 0 aliphatic carbocycles. The van der Waals surface area contributed by atoms with Crippen LogP contribution in [0.15, 0.2) is 28.7 Å². The van der Waals surface area contributed by atoms with Gasteiger partial charge in [-0.05, 0) is 24.3 Å². The van der Waals surface area contributed by atoms with Gasteiger partial charge in [-0.1, -0.05) is 15.9 Å². The molecule has 18 heavy (non-hydrogen) atoms. The Labute approximate surface area is 116 Å². The molecule has 0 spiro atoms. The molecule has 1 heterocycles. The van der Waals surface area contributed by atoms with Gasteiger partial charge in [0.1, 0.15) is 18.5 Å². The summed E-state index contributed by atoms with van der Waals surface area (Å²) in [6, 6.07) is 7.76. The summed E-state index contributed by atoms with van der Waals surface area (Å²) in [6.45, 7) is 3.85. The molecule has 1 saturated heterocycles. The average molecular weight is 316 g/mol. The number of nitrogens with zero attached hydrogens (tertiary/aromatic N) is 1. The summed E-state index contributed by atoms with van der Waals surface area (Å²) in [6.07, 6.45) is 0.0777. The van der Waals surface area contributed by atoms with Crippen LogP contribution in [-0.4, -0.2) is 55.6 Å². The third-order valence-corrected chi connectivity index (χ3v) is 3.42. The van der Waals surface area contributed by atoms with Crippen molar-refractivity contribution in [2.24, 2.45) is 0 Å². The first-order chi connectivity index (χ1) is 8.78. The molecule has 1 fully saturated rings. The smallest absolute Gasteiger partial charge is 0.119 e. The van der Waals surface area contributed by atoms with E-state index < -0.39 is 0 Å². The van der Waals surface area contributed by atoms with Crippen LogP contribution < -0.4 is 4.74 Å². The molecule has 0 amide bonds. The fraction of sp³-hybridized carbons (Fsp3) is 0.538. The quantitative estimate of drug-likeness (QED) is 0.894. The van der Waals surface area contributed by atoms with Crippen LogP contribution in [0.4, 0.5) is 0 Å². The molecule has 1 atom stereocenters. The van der Waals surface area contributed by atoms with Crippen LogP contribution in [0.2, 0.25) is 0 Å². The van der Waals surface area contributed by atoms with E-state index in [4.69, 9.17) is 14.6 Å². The summed E-state index contributed by atoms with van der Waals surface area (Å²) in [5.74, 6) is 0.848. The molecule has 1 aliphatic heterocycles. The van der Waals surface area contributed by atoms with Gasteiger partial charge in [-0.15, -0.1) is 0 Å². The monoisotopic (exact) mass is 315 g/mol. The fourth-order valence-corrected chi connectivity index (χ4v) is 2.21. The molecular weight excluding hydrogens is 298 g/mol. The summed E-state index contributed by atoms with van der Waals surface area (Å²) in [5, 5.41) is 8.92. The highest BCUT2D eigenvalue weighted by molar-refractivity contribution is 9.10. The zero-order chi connectivity index (χ0) is 12.8. The summed E-state index contributed by atoms with van der Waals surface area (Å²) < 4.78 is 12.4. The third kappa shape index (κ3) is 4.24. The van der Waals surface area contributed by atoms with E-state index >= 15 is 0 Å². The maximum atomic E-state index is 8.92. The van der Waals surface area contributed by atoms with Gasteiger partial charge in [-0.2, -0.15) is 0 Å². The zero-order valence-electron chi connectivity index (χ0n) is 10.2.